The fourth-order valence-electron chi connectivity index (χ4n) is 1.66. The molecular formula is C10H16N4OS2. The van der Waals surface area contributed by atoms with Crippen LogP contribution in [-0.2, 0) is 0 Å². The first-order valence-corrected chi connectivity index (χ1v) is 7.48. The average molecular weight is 272 g/mol. The van der Waals surface area contributed by atoms with Crippen molar-refractivity contribution in [1.29, 1.82) is 0 Å². The largest absolute Gasteiger partial charge is 0.382 e. The molecule has 0 bridgehead atoms. The number of thiazole rings is 1. The Kier molecular flexibility index (Phi) is 4.11. The van der Waals surface area contributed by atoms with Crippen molar-refractivity contribution >= 4 is 40.0 Å². The minimum absolute atomic E-state index is 0.113. The summed E-state index contributed by atoms with van der Waals surface area (Å²) in [6.45, 7) is 0.734. The van der Waals surface area contributed by atoms with Crippen LogP contribution in [0.4, 0.5) is 10.9 Å². The molecule has 0 aromatic carbocycles. The minimum atomic E-state index is -0.113. The lowest BCUT2D eigenvalue weighted by Crippen LogP contribution is -2.29. The molecule has 7 heteroatoms. The van der Waals surface area contributed by atoms with Crippen LogP contribution in [0.15, 0.2) is 0 Å². The predicted octanol–water partition coefficient (Wildman–Crippen LogP) is 1.25. The number of aromatic nitrogens is 1. The maximum absolute atomic E-state index is 11.9. The summed E-state index contributed by atoms with van der Waals surface area (Å²) >= 11 is 3.23. The van der Waals surface area contributed by atoms with E-state index in [1.807, 2.05) is 11.8 Å². The number of carbonyl (C=O) groups excluding carboxylic acids is 1. The summed E-state index contributed by atoms with van der Waals surface area (Å²) in [7, 11) is 1.76. The van der Waals surface area contributed by atoms with E-state index in [1.54, 1.807) is 7.05 Å². The molecule has 1 aliphatic heterocycles. The van der Waals surface area contributed by atoms with E-state index in [2.05, 4.69) is 15.6 Å². The molecule has 1 aliphatic rings. The summed E-state index contributed by atoms with van der Waals surface area (Å²) < 4.78 is 0. The van der Waals surface area contributed by atoms with E-state index in [0.29, 0.717) is 21.7 Å². The smallest absolute Gasteiger partial charge is 0.265 e. The molecule has 0 spiro atoms. The summed E-state index contributed by atoms with van der Waals surface area (Å²) in [6, 6.07) is 0. The SMILES string of the molecule is CNc1nc(N)c(C(=O)NCC2CCSC2)s1. The zero-order valence-electron chi connectivity index (χ0n) is 9.66. The van der Waals surface area contributed by atoms with Crippen molar-refractivity contribution in [2.45, 2.75) is 6.42 Å². The summed E-state index contributed by atoms with van der Waals surface area (Å²) in [4.78, 5) is 16.4. The monoisotopic (exact) mass is 272 g/mol. The van der Waals surface area contributed by atoms with E-state index in [9.17, 15) is 4.79 Å². The molecule has 1 aromatic heterocycles. The molecule has 0 radical (unpaired) electrons. The van der Waals surface area contributed by atoms with E-state index in [-0.39, 0.29) is 5.91 Å². The van der Waals surface area contributed by atoms with Gasteiger partial charge in [-0.15, -0.1) is 0 Å². The van der Waals surface area contributed by atoms with Gasteiger partial charge in [0.25, 0.3) is 5.91 Å². The van der Waals surface area contributed by atoms with Crippen LogP contribution in [-0.4, -0.2) is 36.0 Å². The number of rotatable bonds is 4. The van der Waals surface area contributed by atoms with Gasteiger partial charge in [0.05, 0.1) is 0 Å². The maximum atomic E-state index is 11.9. The third-order valence-electron chi connectivity index (χ3n) is 2.65. The Morgan fingerprint density at radius 1 is 1.65 bits per heavy atom. The second-order valence-electron chi connectivity index (χ2n) is 3.92. The van der Waals surface area contributed by atoms with Crippen LogP contribution >= 0.6 is 23.1 Å². The molecule has 2 rings (SSSR count). The highest BCUT2D eigenvalue weighted by molar-refractivity contribution is 7.99. The normalized spacial score (nSPS) is 19.2. The van der Waals surface area contributed by atoms with Crippen molar-refractivity contribution < 1.29 is 4.79 Å². The highest BCUT2D eigenvalue weighted by atomic mass is 32.2. The lowest BCUT2D eigenvalue weighted by molar-refractivity contribution is 0.0953. The Morgan fingerprint density at radius 3 is 3.06 bits per heavy atom. The second kappa shape index (κ2) is 5.59. The van der Waals surface area contributed by atoms with Gasteiger partial charge in [-0.3, -0.25) is 4.79 Å². The van der Waals surface area contributed by atoms with Crippen molar-refractivity contribution in [2.75, 3.05) is 36.1 Å². The van der Waals surface area contributed by atoms with Crippen molar-refractivity contribution in [3.05, 3.63) is 4.88 Å². The predicted molar refractivity (Wildman–Crippen MR) is 73.8 cm³/mol. The Hall–Kier alpha value is -0.950. The molecule has 0 saturated carbocycles. The quantitative estimate of drug-likeness (QED) is 0.768. The Morgan fingerprint density at radius 2 is 2.47 bits per heavy atom. The first-order valence-electron chi connectivity index (χ1n) is 5.50. The van der Waals surface area contributed by atoms with Gasteiger partial charge in [0.2, 0.25) is 0 Å². The first-order chi connectivity index (χ1) is 8.20. The van der Waals surface area contributed by atoms with Crippen LogP contribution in [0.25, 0.3) is 0 Å². The lowest BCUT2D eigenvalue weighted by Gasteiger charge is -2.08. The molecule has 0 aliphatic carbocycles. The summed E-state index contributed by atoms with van der Waals surface area (Å²) in [5, 5.41) is 6.48. The number of nitrogens with zero attached hydrogens (tertiary/aromatic N) is 1. The summed E-state index contributed by atoms with van der Waals surface area (Å²) in [5.41, 5.74) is 5.70. The molecule has 1 fully saturated rings. The number of hydrogen-bond acceptors (Lipinski definition) is 6. The summed E-state index contributed by atoms with van der Waals surface area (Å²) in [5.74, 6) is 3.13. The van der Waals surface area contributed by atoms with Crippen LogP contribution in [0.3, 0.4) is 0 Å². The van der Waals surface area contributed by atoms with Crippen LogP contribution < -0.4 is 16.4 Å². The van der Waals surface area contributed by atoms with Gasteiger partial charge in [0, 0.05) is 13.6 Å². The number of nitrogen functional groups attached to an aromatic ring is 1. The third kappa shape index (κ3) is 3.04. The third-order valence-corrected chi connectivity index (χ3v) is 4.97. The van der Waals surface area contributed by atoms with Gasteiger partial charge in [-0.2, -0.15) is 11.8 Å². The van der Waals surface area contributed by atoms with Crippen molar-refractivity contribution in [3.8, 4) is 0 Å². The minimum Gasteiger partial charge on any atom is -0.382 e. The standard InChI is InChI=1S/C10H16N4OS2/c1-12-10-14-8(11)7(17-10)9(15)13-4-6-2-3-16-5-6/h6H,2-5,11H2,1H3,(H,12,14)(H,13,15). The molecule has 2 heterocycles. The number of nitrogens with two attached hydrogens (primary N) is 1. The molecule has 1 atom stereocenters. The van der Waals surface area contributed by atoms with Crippen LogP contribution in [0.2, 0.25) is 0 Å². The van der Waals surface area contributed by atoms with Crippen molar-refractivity contribution in [2.24, 2.45) is 5.92 Å². The highest BCUT2D eigenvalue weighted by Gasteiger charge is 2.19. The fourth-order valence-corrected chi connectivity index (χ4v) is 3.70. The van der Waals surface area contributed by atoms with Gasteiger partial charge >= 0.3 is 0 Å². The van der Waals surface area contributed by atoms with Crippen LogP contribution in [0.5, 0.6) is 0 Å². The van der Waals surface area contributed by atoms with E-state index in [0.717, 1.165) is 12.3 Å². The van der Waals surface area contributed by atoms with Gasteiger partial charge in [0.15, 0.2) is 5.13 Å². The fraction of sp³-hybridized carbons (Fsp3) is 0.600. The number of thioether (sulfide) groups is 1. The van der Waals surface area contributed by atoms with Gasteiger partial charge in [-0.05, 0) is 23.8 Å². The second-order valence-corrected chi connectivity index (χ2v) is 6.07. The van der Waals surface area contributed by atoms with Gasteiger partial charge in [-0.1, -0.05) is 11.3 Å². The van der Waals surface area contributed by atoms with Crippen LogP contribution in [0.1, 0.15) is 16.1 Å². The van der Waals surface area contributed by atoms with Crippen LogP contribution in [0, 0.1) is 5.92 Å². The van der Waals surface area contributed by atoms with Gasteiger partial charge in [-0.25, -0.2) is 4.98 Å². The Bertz CT molecular complexity index is 401. The molecule has 17 heavy (non-hydrogen) atoms. The first kappa shape index (κ1) is 12.5. The molecule has 1 unspecified atom stereocenters. The Balaban J connectivity index is 1.91. The topological polar surface area (TPSA) is 80.0 Å². The van der Waals surface area contributed by atoms with Crippen molar-refractivity contribution in [1.82, 2.24) is 10.3 Å². The van der Waals surface area contributed by atoms with Gasteiger partial charge in [0.1, 0.15) is 10.7 Å². The Labute approximate surface area is 109 Å². The average Bonchev–Trinajstić information content (AvgIpc) is 2.94. The van der Waals surface area contributed by atoms with E-state index >= 15 is 0 Å². The number of hydrogen-bond donors (Lipinski definition) is 3. The molecule has 5 nitrogen and oxygen atoms in total. The molecule has 4 N–H and O–H groups in total. The molecule has 94 valence electrons. The van der Waals surface area contributed by atoms with E-state index in [4.69, 9.17) is 5.73 Å². The number of carbonyl (C=O) groups is 1. The van der Waals surface area contributed by atoms with E-state index in [1.165, 1.54) is 23.5 Å². The number of anilines is 2. The zero-order valence-corrected chi connectivity index (χ0v) is 11.3. The maximum Gasteiger partial charge on any atom is 0.265 e. The zero-order chi connectivity index (χ0) is 12.3. The van der Waals surface area contributed by atoms with Gasteiger partial charge < -0.3 is 16.4 Å². The molecule has 1 aromatic rings. The summed E-state index contributed by atoms with van der Waals surface area (Å²) in [6.07, 6.45) is 1.19. The number of nitrogens with one attached hydrogen (secondary N) is 2. The lowest BCUT2D eigenvalue weighted by atomic mass is 10.1. The van der Waals surface area contributed by atoms with Crippen molar-refractivity contribution in [3.63, 3.8) is 0 Å². The molecule has 1 saturated heterocycles. The molecular weight excluding hydrogens is 256 g/mol. The number of amides is 1. The van der Waals surface area contributed by atoms with E-state index < -0.39 is 0 Å². The molecule has 1 amide bonds. The highest BCUT2D eigenvalue weighted by Crippen LogP contribution is 2.25.